The highest BCUT2D eigenvalue weighted by Crippen LogP contribution is 2.20. The fraction of sp³-hybridized carbons (Fsp3) is 0.917. The molecule has 0 aromatic carbocycles. The number of carbonyl (C=O) groups excluding carboxylic acids is 1. The molecule has 17 heavy (non-hydrogen) atoms. The zero-order valence-electron chi connectivity index (χ0n) is 10.4. The lowest BCUT2D eigenvalue weighted by Gasteiger charge is -2.29. The van der Waals surface area contributed by atoms with Crippen LogP contribution in [-0.4, -0.2) is 56.1 Å². The van der Waals surface area contributed by atoms with Crippen LogP contribution in [0.4, 0.5) is 0 Å². The Morgan fingerprint density at radius 2 is 2.35 bits per heavy atom. The summed E-state index contributed by atoms with van der Waals surface area (Å²) in [5.74, 6) is -0.0861. The third kappa shape index (κ3) is 3.40. The molecule has 5 heteroatoms. The van der Waals surface area contributed by atoms with Gasteiger partial charge in [0, 0.05) is 6.54 Å². The maximum absolute atomic E-state index is 11.8. The van der Waals surface area contributed by atoms with E-state index < -0.39 is 0 Å². The minimum Gasteiger partial charge on any atom is -0.465 e. The number of nitrogens with zero attached hydrogens (tertiary/aromatic N) is 1. The van der Waals surface area contributed by atoms with E-state index in [-0.39, 0.29) is 18.1 Å². The van der Waals surface area contributed by atoms with Gasteiger partial charge in [-0.05, 0) is 32.7 Å². The first kappa shape index (κ1) is 12.8. The second-order valence-electron chi connectivity index (χ2n) is 4.51. The number of carbonyl (C=O) groups is 1. The third-order valence-corrected chi connectivity index (χ3v) is 3.33. The molecule has 5 nitrogen and oxygen atoms in total. The smallest absolute Gasteiger partial charge is 0.323 e. The summed E-state index contributed by atoms with van der Waals surface area (Å²) < 4.78 is 15.8. The van der Waals surface area contributed by atoms with Crippen LogP contribution in [0.1, 0.15) is 26.2 Å². The Morgan fingerprint density at radius 3 is 3.06 bits per heavy atom. The second-order valence-corrected chi connectivity index (χ2v) is 4.51. The van der Waals surface area contributed by atoms with Crippen LogP contribution < -0.4 is 0 Å². The van der Waals surface area contributed by atoms with Crippen molar-refractivity contribution < 1.29 is 19.0 Å². The van der Waals surface area contributed by atoms with Crippen molar-refractivity contribution in [2.75, 3.05) is 33.1 Å². The Hall–Kier alpha value is -0.650. The van der Waals surface area contributed by atoms with Crippen LogP contribution in [0.25, 0.3) is 0 Å². The molecule has 2 aliphatic heterocycles. The fourth-order valence-corrected chi connectivity index (χ4v) is 2.46. The predicted molar refractivity (Wildman–Crippen MR) is 61.5 cm³/mol. The first-order valence-corrected chi connectivity index (χ1v) is 6.41. The standard InChI is InChI=1S/C12H21NO4/c1-2-16-12(14)11-4-3-6-13(11)8-10-5-7-15-9-17-10/h10-11H,2-9H2,1H3. The van der Waals surface area contributed by atoms with Gasteiger partial charge in [0.1, 0.15) is 12.8 Å². The summed E-state index contributed by atoms with van der Waals surface area (Å²) in [5, 5.41) is 0. The van der Waals surface area contributed by atoms with Gasteiger partial charge in [-0.2, -0.15) is 0 Å². The number of rotatable bonds is 4. The Bertz CT molecular complexity index is 253. The second kappa shape index (κ2) is 6.33. The maximum Gasteiger partial charge on any atom is 0.323 e. The van der Waals surface area contributed by atoms with Gasteiger partial charge in [-0.1, -0.05) is 0 Å². The van der Waals surface area contributed by atoms with Crippen LogP contribution in [0.5, 0.6) is 0 Å². The minimum absolute atomic E-state index is 0.0682. The highest BCUT2D eigenvalue weighted by atomic mass is 16.7. The van der Waals surface area contributed by atoms with E-state index in [2.05, 4.69) is 4.90 Å². The minimum atomic E-state index is -0.0861. The van der Waals surface area contributed by atoms with Gasteiger partial charge in [-0.15, -0.1) is 0 Å². The van der Waals surface area contributed by atoms with Crippen LogP contribution >= 0.6 is 0 Å². The lowest BCUT2D eigenvalue weighted by Crippen LogP contribution is -2.43. The van der Waals surface area contributed by atoms with Gasteiger partial charge in [0.2, 0.25) is 0 Å². The average molecular weight is 243 g/mol. The van der Waals surface area contributed by atoms with Crippen molar-refractivity contribution in [1.29, 1.82) is 0 Å². The summed E-state index contributed by atoms with van der Waals surface area (Å²) in [6.45, 7) is 5.21. The van der Waals surface area contributed by atoms with Gasteiger partial charge in [-0.3, -0.25) is 9.69 Å². The number of esters is 1. The van der Waals surface area contributed by atoms with Gasteiger partial charge in [0.25, 0.3) is 0 Å². The summed E-state index contributed by atoms with van der Waals surface area (Å²) in [7, 11) is 0. The molecule has 0 spiro atoms. The first-order valence-electron chi connectivity index (χ1n) is 6.41. The molecule has 2 aliphatic rings. The van der Waals surface area contributed by atoms with Crippen LogP contribution in [0, 0.1) is 0 Å². The van der Waals surface area contributed by atoms with Crippen molar-refractivity contribution in [2.45, 2.75) is 38.3 Å². The zero-order chi connectivity index (χ0) is 12.1. The third-order valence-electron chi connectivity index (χ3n) is 3.33. The van der Waals surface area contributed by atoms with Gasteiger partial charge >= 0.3 is 5.97 Å². The van der Waals surface area contributed by atoms with Crippen LogP contribution in [0.2, 0.25) is 0 Å². The summed E-state index contributed by atoms with van der Waals surface area (Å²) in [6.07, 6.45) is 3.07. The van der Waals surface area contributed by atoms with Crippen molar-refractivity contribution in [3.8, 4) is 0 Å². The SMILES string of the molecule is CCOC(=O)C1CCCN1CC1CCOCO1. The lowest BCUT2D eigenvalue weighted by molar-refractivity contribution is -0.155. The molecule has 98 valence electrons. The molecule has 2 heterocycles. The quantitative estimate of drug-likeness (QED) is 0.683. The normalized spacial score (nSPS) is 30.4. The number of likely N-dealkylation sites (tertiary alicyclic amines) is 1. The Morgan fingerprint density at radius 1 is 1.47 bits per heavy atom. The van der Waals surface area contributed by atoms with E-state index in [1.807, 2.05) is 6.92 Å². The Labute approximate surface area is 102 Å². The molecule has 0 amide bonds. The molecule has 2 fully saturated rings. The molecule has 2 rings (SSSR count). The highest BCUT2D eigenvalue weighted by Gasteiger charge is 2.33. The fourth-order valence-electron chi connectivity index (χ4n) is 2.46. The van der Waals surface area contributed by atoms with Crippen LogP contribution in [0.3, 0.4) is 0 Å². The maximum atomic E-state index is 11.8. The van der Waals surface area contributed by atoms with Crippen molar-refractivity contribution in [3.63, 3.8) is 0 Å². The van der Waals surface area contributed by atoms with E-state index >= 15 is 0 Å². The van der Waals surface area contributed by atoms with E-state index in [4.69, 9.17) is 14.2 Å². The molecule has 2 saturated heterocycles. The number of ether oxygens (including phenoxy) is 3. The van der Waals surface area contributed by atoms with Crippen molar-refractivity contribution in [1.82, 2.24) is 4.90 Å². The van der Waals surface area contributed by atoms with Crippen LogP contribution in [-0.2, 0) is 19.0 Å². The molecule has 0 N–H and O–H groups in total. The zero-order valence-corrected chi connectivity index (χ0v) is 10.4. The van der Waals surface area contributed by atoms with E-state index in [0.717, 1.165) is 39.0 Å². The van der Waals surface area contributed by atoms with Gasteiger partial charge in [0.05, 0.1) is 19.3 Å². The van der Waals surface area contributed by atoms with Gasteiger partial charge < -0.3 is 14.2 Å². The van der Waals surface area contributed by atoms with Crippen molar-refractivity contribution in [2.24, 2.45) is 0 Å². The summed E-state index contributed by atoms with van der Waals surface area (Å²) in [6, 6.07) is -0.0682. The van der Waals surface area contributed by atoms with E-state index in [9.17, 15) is 4.79 Å². The van der Waals surface area contributed by atoms with E-state index in [1.165, 1.54) is 0 Å². The van der Waals surface area contributed by atoms with E-state index in [1.54, 1.807) is 0 Å². The number of hydrogen-bond donors (Lipinski definition) is 0. The van der Waals surface area contributed by atoms with E-state index in [0.29, 0.717) is 13.4 Å². The summed E-state index contributed by atoms with van der Waals surface area (Å²) >= 11 is 0. The Kier molecular flexibility index (Phi) is 4.76. The number of hydrogen-bond acceptors (Lipinski definition) is 5. The molecule has 0 bridgehead atoms. The summed E-state index contributed by atoms with van der Waals surface area (Å²) in [5.41, 5.74) is 0. The molecular formula is C12H21NO4. The first-order chi connectivity index (χ1) is 8.31. The monoisotopic (exact) mass is 243 g/mol. The van der Waals surface area contributed by atoms with Gasteiger partial charge in [-0.25, -0.2) is 0 Å². The molecule has 0 aromatic rings. The van der Waals surface area contributed by atoms with Gasteiger partial charge in [0.15, 0.2) is 0 Å². The molecular weight excluding hydrogens is 222 g/mol. The molecule has 0 radical (unpaired) electrons. The average Bonchev–Trinajstić information content (AvgIpc) is 2.79. The largest absolute Gasteiger partial charge is 0.465 e. The molecule has 0 aliphatic carbocycles. The Balaban J connectivity index is 1.83. The van der Waals surface area contributed by atoms with Crippen molar-refractivity contribution in [3.05, 3.63) is 0 Å². The summed E-state index contributed by atoms with van der Waals surface area (Å²) in [4.78, 5) is 14.0. The molecule has 0 saturated carbocycles. The molecule has 2 unspecified atom stereocenters. The predicted octanol–water partition coefficient (Wildman–Crippen LogP) is 0.777. The van der Waals surface area contributed by atoms with Crippen LogP contribution in [0.15, 0.2) is 0 Å². The molecule has 0 aromatic heterocycles. The molecule has 2 atom stereocenters. The highest BCUT2D eigenvalue weighted by molar-refractivity contribution is 5.76. The van der Waals surface area contributed by atoms with Crippen molar-refractivity contribution >= 4 is 5.97 Å². The topological polar surface area (TPSA) is 48.0 Å². The lowest BCUT2D eigenvalue weighted by atomic mass is 10.2.